The van der Waals surface area contributed by atoms with Crippen molar-refractivity contribution >= 4 is 22.6 Å². The standard InChI is InChI=1S/C35H43IO8/c1-38-29-12-8-26(9-13-29)21-40-17-16-31-18-28(37)20-35(43-31)34(36)33(42-23-27-10-14-30(39-2)15-11-27)19-32(44-35)24-41-22-25-6-4-3-5-7-25/h3-15,28,31-34,37H,16-24H2,1-2H3. The summed E-state index contributed by atoms with van der Waals surface area (Å²) in [6, 6.07) is 25.9. The lowest BCUT2D eigenvalue weighted by atomic mass is 9.89. The van der Waals surface area contributed by atoms with E-state index in [9.17, 15) is 5.11 Å². The zero-order valence-corrected chi connectivity index (χ0v) is 27.6. The summed E-state index contributed by atoms with van der Waals surface area (Å²) in [6.45, 7) is 2.35. The molecule has 0 saturated carbocycles. The summed E-state index contributed by atoms with van der Waals surface area (Å²) >= 11 is 2.39. The Balaban J connectivity index is 1.22. The Kier molecular flexibility index (Phi) is 12.3. The summed E-state index contributed by atoms with van der Waals surface area (Å²) in [5.74, 6) is 0.631. The van der Waals surface area contributed by atoms with Crippen LogP contribution in [-0.4, -0.2) is 66.7 Å². The highest BCUT2D eigenvalue weighted by molar-refractivity contribution is 14.1. The average Bonchev–Trinajstić information content (AvgIpc) is 3.05. The van der Waals surface area contributed by atoms with Crippen LogP contribution in [0.4, 0.5) is 0 Å². The first-order valence-electron chi connectivity index (χ1n) is 15.2. The molecule has 6 unspecified atom stereocenters. The second kappa shape index (κ2) is 16.4. The summed E-state index contributed by atoms with van der Waals surface area (Å²) in [6.07, 6.45) is 1.05. The smallest absolute Gasteiger partial charge is 0.185 e. The fraction of sp³-hybridized carbons (Fsp3) is 0.486. The van der Waals surface area contributed by atoms with Crippen molar-refractivity contribution in [1.82, 2.24) is 0 Å². The van der Waals surface area contributed by atoms with Crippen LogP contribution in [0.5, 0.6) is 11.5 Å². The summed E-state index contributed by atoms with van der Waals surface area (Å²) < 4.78 is 42.5. The Bertz CT molecular complexity index is 1260. The van der Waals surface area contributed by atoms with Crippen LogP contribution >= 0.6 is 22.6 Å². The average molecular weight is 719 g/mol. The van der Waals surface area contributed by atoms with E-state index in [0.29, 0.717) is 58.7 Å². The highest BCUT2D eigenvalue weighted by atomic mass is 127. The third-order valence-electron chi connectivity index (χ3n) is 8.08. The minimum Gasteiger partial charge on any atom is -0.497 e. The van der Waals surface area contributed by atoms with Gasteiger partial charge in [-0.3, -0.25) is 0 Å². The van der Waals surface area contributed by atoms with Crippen molar-refractivity contribution in [2.45, 2.75) is 79.6 Å². The van der Waals surface area contributed by atoms with Crippen molar-refractivity contribution in [3.63, 3.8) is 0 Å². The van der Waals surface area contributed by atoms with Gasteiger partial charge < -0.3 is 38.3 Å². The SMILES string of the molecule is COc1ccc(COCCC2CC(O)CC3(O2)OC(COCc2ccccc2)CC(OCc2ccc(OC)cc2)C3I)cc1. The van der Waals surface area contributed by atoms with Crippen LogP contribution in [0.2, 0.25) is 0 Å². The van der Waals surface area contributed by atoms with E-state index >= 15 is 0 Å². The number of hydrogen-bond acceptors (Lipinski definition) is 8. The molecule has 2 aliphatic heterocycles. The predicted octanol–water partition coefficient (Wildman–Crippen LogP) is 6.24. The van der Waals surface area contributed by atoms with E-state index < -0.39 is 11.9 Å². The van der Waals surface area contributed by atoms with Gasteiger partial charge in [-0.1, -0.05) is 77.2 Å². The lowest BCUT2D eigenvalue weighted by Gasteiger charge is -2.52. The van der Waals surface area contributed by atoms with Gasteiger partial charge in [0, 0.05) is 19.4 Å². The monoisotopic (exact) mass is 718 g/mol. The van der Waals surface area contributed by atoms with Gasteiger partial charge in [0.1, 0.15) is 11.5 Å². The molecular formula is C35H43IO8. The number of ether oxygens (including phenoxy) is 7. The number of alkyl halides is 1. The number of halogens is 1. The van der Waals surface area contributed by atoms with Crippen LogP contribution < -0.4 is 9.47 Å². The van der Waals surface area contributed by atoms with Gasteiger partial charge in [-0.15, -0.1) is 0 Å². The van der Waals surface area contributed by atoms with Crippen LogP contribution in [0.3, 0.4) is 0 Å². The zero-order chi connectivity index (χ0) is 30.8. The molecule has 6 atom stereocenters. The Morgan fingerprint density at radius 2 is 1.34 bits per heavy atom. The quantitative estimate of drug-likeness (QED) is 0.119. The predicted molar refractivity (Wildman–Crippen MR) is 175 cm³/mol. The molecule has 8 nitrogen and oxygen atoms in total. The first kappa shape index (κ1) is 33.1. The van der Waals surface area contributed by atoms with Crippen LogP contribution in [0.15, 0.2) is 78.9 Å². The minimum absolute atomic E-state index is 0.138. The van der Waals surface area contributed by atoms with E-state index in [1.165, 1.54) is 0 Å². The molecule has 5 rings (SSSR count). The van der Waals surface area contributed by atoms with Crippen molar-refractivity contribution in [1.29, 1.82) is 0 Å². The molecule has 238 valence electrons. The van der Waals surface area contributed by atoms with Gasteiger partial charge in [-0.25, -0.2) is 0 Å². The molecule has 2 heterocycles. The van der Waals surface area contributed by atoms with Gasteiger partial charge in [0.05, 0.1) is 69.0 Å². The summed E-state index contributed by atoms with van der Waals surface area (Å²) in [5.41, 5.74) is 3.24. The van der Waals surface area contributed by atoms with Crippen LogP contribution in [0, 0.1) is 0 Å². The van der Waals surface area contributed by atoms with Crippen molar-refractivity contribution in [3.05, 3.63) is 95.6 Å². The Morgan fingerprint density at radius 1 is 0.750 bits per heavy atom. The van der Waals surface area contributed by atoms with Crippen molar-refractivity contribution in [3.8, 4) is 11.5 Å². The van der Waals surface area contributed by atoms with Gasteiger partial charge >= 0.3 is 0 Å². The molecule has 3 aromatic rings. The van der Waals surface area contributed by atoms with Gasteiger partial charge in [-0.05, 0) is 53.8 Å². The van der Waals surface area contributed by atoms with Crippen molar-refractivity contribution < 1.29 is 38.3 Å². The first-order chi connectivity index (χ1) is 21.5. The fourth-order valence-electron chi connectivity index (χ4n) is 5.77. The molecule has 9 heteroatoms. The zero-order valence-electron chi connectivity index (χ0n) is 25.4. The van der Waals surface area contributed by atoms with Crippen molar-refractivity contribution in [2.24, 2.45) is 0 Å². The van der Waals surface area contributed by atoms with Crippen LogP contribution in [-0.2, 0) is 43.5 Å². The van der Waals surface area contributed by atoms with Gasteiger partial charge in [0.25, 0.3) is 0 Å². The Labute approximate surface area is 274 Å². The van der Waals surface area contributed by atoms with Crippen molar-refractivity contribution in [2.75, 3.05) is 27.4 Å². The normalized spacial score (nSPS) is 26.9. The van der Waals surface area contributed by atoms with E-state index in [1.54, 1.807) is 14.2 Å². The lowest BCUT2D eigenvalue weighted by molar-refractivity contribution is -0.339. The molecule has 0 aliphatic carbocycles. The molecule has 3 aromatic carbocycles. The minimum atomic E-state index is -0.998. The molecule has 44 heavy (non-hydrogen) atoms. The summed E-state index contributed by atoms with van der Waals surface area (Å²) in [4.78, 5) is 0. The number of rotatable bonds is 14. The second-order valence-electron chi connectivity index (χ2n) is 11.4. The highest BCUT2D eigenvalue weighted by Gasteiger charge is 2.54. The fourth-order valence-corrected chi connectivity index (χ4v) is 6.82. The summed E-state index contributed by atoms with van der Waals surface area (Å²) in [7, 11) is 3.31. The molecule has 0 radical (unpaired) electrons. The molecule has 2 aliphatic rings. The Morgan fingerprint density at radius 3 is 2.00 bits per heavy atom. The topological polar surface area (TPSA) is 84.8 Å². The maximum absolute atomic E-state index is 11.1. The van der Waals surface area contributed by atoms with Gasteiger partial charge in [0.15, 0.2) is 5.79 Å². The molecule has 2 saturated heterocycles. The van der Waals surface area contributed by atoms with Crippen LogP contribution in [0.1, 0.15) is 42.4 Å². The number of hydrogen-bond donors (Lipinski definition) is 1. The molecule has 1 spiro atoms. The first-order valence-corrected chi connectivity index (χ1v) is 16.5. The molecule has 1 N–H and O–H groups in total. The number of benzene rings is 3. The molecular weight excluding hydrogens is 675 g/mol. The van der Waals surface area contributed by atoms with Gasteiger partial charge in [0.2, 0.25) is 0 Å². The second-order valence-corrected chi connectivity index (χ2v) is 12.8. The van der Waals surface area contributed by atoms with E-state index in [2.05, 4.69) is 22.6 Å². The molecule has 0 amide bonds. The van der Waals surface area contributed by atoms with E-state index in [4.69, 9.17) is 33.2 Å². The molecule has 0 aromatic heterocycles. The third kappa shape index (κ3) is 9.15. The maximum atomic E-state index is 11.1. The Hall–Kier alpha value is -2.25. The van der Waals surface area contributed by atoms with Crippen LogP contribution in [0.25, 0.3) is 0 Å². The largest absolute Gasteiger partial charge is 0.497 e. The van der Waals surface area contributed by atoms with E-state index in [-0.39, 0.29) is 22.2 Å². The molecule has 0 bridgehead atoms. The van der Waals surface area contributed by atoms with Gasteiger partial charge in [-0.2, -0.15) is 0 Å². The lowest BCUT2D eigenvalue weighted by Crippen LogP contribution is -2.62. The summed E-state index contributed by atoms with van der Waals surface area (Å²) in [5, 5.41) is 11.1. The van der Waals surface area contributed by atoms with E-state index in [1.807, 2.05) is 78.9 Å². The van der Waals surface area contributed by atoms with E-state index in [0.717, 1.165) is 28.2 Å². The maximum Gasteiger partial charge on any atom is 0.185 e. The third-order valence-corrected chi connectivity index (χ3v) is 9.83. The number of methoxy groups -OCH3 is 2. The molecule has 2 fully saturated rings. The number of aliphatic hydroxyl groups is 1. The highest BCUT2D eigenvalue weighted by Crippen LogP contribution is 2.45. The number of aliphatic hydroxyl groups excluding tert-OH is 1.